The number of hydrogen-bond acceptors (Lipinski definition) is 3. The highest BCUT2D eigenvalue weighted by molar-refractivity contribution is 7.25. The number of anilines is 3. The summed E-state index contributed by atoms with van der Waals surface area (Å²) in [5, 5.41) is 7.26. The number of thiophene rings is 1. The predicted molar refractivity (Wildman–Crippen MR) is 184 cm³/mol. The molecule has 0 aliphatic rings. The van der Waals surface area contributed by atoms with Crippen molar-refractivity contribution in [3.05, 3.63) is 152 Å². The van der Waals surface area contributed by atoms with Gasteiger partial charge in [-0.3, -0.25) is 0 Å². The van der Waals surface area contributed by atoms with Crippen LogP contribution in [-0.2, 0) is 0 Å². The van der Waals surface area contributed by atoms with Gasteiger partial charge < -0.3 is 9.32 Å². The van der Waals surface area contributed by atoms with Crippen LogP contribution < -0.4 is 4.90 Å². The van der Waals surface area contributed by atoms with E-state index in [1.165, 1.54) is 42.1 Å². The molecule has 0 amide bonds. The number of benzene rings is 7. The first-order valence-corrected chi connectivity index (χ1v) is 15.3. The van der Waals surface area contributed by atoms with Crippen molar-refractivity contribution in [3.63, 3.8) is 0 Å². The van der Waals surface area contributed by atoms with Gasteiger partial charge >= 0.3 is 0 Å². The van der Waals surface area contributed by atoms with Gasteiger partial charge in [0.25, 0.3) is 0 Å². The van der Waals surface area contributed by atoms with E-state index in [4.69, 9.17) is 4.42 Å². The summed E-state index contributed by atoms with van der Waals surface area (Å²) < 4.78 is 9.10. The lowest BCUT2D eigenvalue weighted by Gasteiger charge is -2.29. The maximum atomic E-state index is 6.52. The molecule has 9 rings (SSSR count). The lowest BCUT2D eigenvalue weighted by atomic mass is 9.98. The largest absolute Gasteiger partial charge is 0.456 e. The molecule has 2 nitrogen and oxygen atoms in total. The van der Waals surface area contributed by atoms with Crippen LogP contribution in [0.25, 0.3) is 64.0 Å². The van der Waals surface area contributed by atoms with Crippen molar-refractivity contribution in [1.82, 2.24) is 0 Å². The molecule has 0 spiro atoms. The Morgan fingerprint density at radius 3 is 2.00 bits per heavy atom. The van der Waals surface area contributed by atoms with Gasteiger partial charge in [-0.15, -0.1) is 11.3 Å². The molecule has 0 bridgehead atoms. The van der Waals surface area contributed by atoms with Crippen molar-refractivity contribution in [2.45, 2.75) is 0 Å². The van der Waals surface area contributed by atoms with Crippen LogP contribution in [0.3, 0.4) is 0 Å². The van der Waals surface area contributed by atoms with Crippen LogP contribution in [0.1, 0.15) is 0 Å². The van der Waals surface area contributed by atoms with Crippen molar-refractivity contribution in [3.8, 4) is 11.1 Å². The van der Waals surface area contributed by atoms with Gasteiger partial charge in [-0.2, -0.15) is 0 Å². The molecule has 7 aromatic carbocycles. The maximum absolute atomic E-state index is 6.52. The average Bonchev–Trinajstić information content (AvgIpc) is 3.63. The maximum Gasteiger partial charge on any atom is 0.138 e. The molecule has 0 aliphatic heterocycles. The van der Waals surface area contributed by atoms with Crippen LogP contribution in [0.4, 0.5) is 17.1 Å². The summed E-state index contributed by atoms with van der Waals surface area (Å²) in [4.78, 5) is 2.42. The second-order valence-corrected chi connectivity index (χ2v) is 12.0. The lowest BCUT2D eigenvalue weighted by Crippen LogP contribution is -2.11. The Hall–Kier alpha value is -5.38. The summed E-state index contributed by atoms with van der Waals surface area (Å²) in [6, 6.07) is 54.2. The Bertz CT molecular complexity index is 2470. The van der Waals surface area contributed by atoms with Gasteiger partial charge in [0.2, 0.25) is 0 Å². The van der Waals surface area contributed by atoms with Gasteiger partial charge in [0, 0.05) is 53.6 Å². The summed E-state index contributed by atoms with van der Waals surface area (Å²) in [7, 11) is 0. The standard InChI is InChI=1S/C40H25NOS/c1-2-12-26(13-3-1)28-14-6-9-19-34(28)41(27-22-23-31-30-16-8-11-21-38(30)43-39(31)24-27)35-25-37-40(32-17-5-4-15-29(32)35)33-18-7-10-20-36(33)42-37/h1-25H. The van der Waals surface area contributed by atoms with Crippen LogP contribution >= 0.6 is 11.3 Å². The second-order valence-electron chi connectivity index (χ2n) is 10.9. The Morgan fingerprint density at radius 2 is 1.12 bits per heavy atom. The molecule has 0 fully saturated rings. The van der Waals surface area contributed by atoms with Gasteiger partial charge in [-0.1, -0.05) is 115 Å². The van der Waals surface area contributed by atoms with Crippen molar-refractivity contribution >= 4 is 81.3 Å². The quantitative estimate of drug-likeness (QED) is 0.210. The normalized spacial score (nSPS) is 11.7. The SMILES string of the molecule is c1ccc(-c2ccccc2N(c2ccc3c(c2)sc2ccccc23)c2cc3oc4ccccc4c3c3ccccc23)cc1. The second kappa shape index (κ2) is 9.59. The summed E-state index contributed by atoms with van der Waals surface area (Å²) in [6.07, 6.45) is 0. The number of nitrogens with zero attached hydrogens (tertiary/aromatic N) is 1. The van der Waals surface area contributed by atoms with Crippen LogP contribution in [0.15, 0.2) is 156 Å². The summed E-state index contributed by atoms with van der Waals surface area (Å²) >= 11 is 1.85. The minimum absolute atomic E-state index is 0.889. The van der Waals surface area contributed by atoms with Crippen molar-refractivity contribution in [1.29, 1.82) is 0 Å². The van der Waals surface area contributed by atoms with E-state index in [1.807, 2.05) is 17.4 Å². The smallest absolute Gasteiger partial charge is 0.138 e. The molecular weight excluding hydrogens is 543 g/mol. The molecule has 0 saturated carbocycles. The first-order chi connectivity index (χ1) is 21.3. The monoisotopic (exact) mass is 567 g/mol. The molecule has 0 N–H and O–H groups in total. The van der Waals surface area contributed by atoms with E-state index >= 15 is 0 Å². The first kappa shape index (κ1) is 24.2. The minimum Gasteiger partial charge on any atom is -0.456 e. The summed E-state index contributed by atoms with van der Waals surface area (Å²) in [5.41, 5.74) is 7.47. The van der Waals surface area contributed by atoms with Crippen molar-refractivity contribution < 1.29 is 4.42 Å². The molecular formula is C40H25NOS. The molecule has 3 heteroatoms. The lowest BCUT2D eigenvalue weighted by molar-refractivity contribution is 0.669. The van der Waals surface area contributed by atoms with E-state index < -0.39 is 0 Å². The molecule has 202 valence electrons. The zero-order chi connectivity index (χ0) is 28.3. The van der Waals surface area contributed by atoms with E-state index in [0.717, 1.165) is 39.0 Å². The van der Waals surface area contributed by atoms with E-state index in [-0.39, 0.29) is 0 Å². The Morgan fingerprint density at radius 1 is 0.442 bits per heavy atom. The third-order valence-corrected chi connectivity index (χ3v) is 9.59. The van der Waals surface area contributed by atoms with Crippen molar-refractivity contribution in [2.75, 3.05) is 4.90 Å². The Balaban J connectivity index is 1.39. The summed E-state index contributed by atoms with van der Waals surface area (Å²) in [5.74, 6) is 0. The number of furan rings is 1. The van der Waals surface area contributed by atoms with Gasteiger partial charge in [-0.25, -0.2) is 0 Å². The highest BCUT2D eigenvalue weighted by Gasteiger charge is 2.23. The van der Waals surface area contributed by atoms with Crippen LogP contribution in [0, 0.1) is 0 Å². The van der Waals surface area contributed by atoms with E-state index in [9.17, 15) is 0 Å². The fourth-order valence-electron chi connectivity index (χ4n) is 6.55. The average molecular weight is 568 g/mol. The third-order valence-electron chi connectivity index (χ3n) is 8.45. The van der Waals surface area contributed by atoms with E-state index in [1.54, 1.807) is 0 Å². The van der Waals surface area contributed by atoms with Crippen LogP contribution in [0.5, 0.6) is 0 Å². The molecule has 9 aromatic rings. The third kappa shape index (κ3) is 3.79. The fraction of sp³-hybridized carbons (Fsp3) is 0. The first-order valence-electron chi connectivity index (χ1n) is 14.5. The number of para-hydroxylation sites is 2. The van der Waals surface area contributed by atoms with E-state index in [2.05, 4.69) is 150 Å². The number of hydrogen-bond donors (Lipinski definition) is 0. The van der Waals surface area contributed by atoms with Gasteiger partial charge in [0.1, 0.15) is 11.2 Å². The molecule has 0 atom stereocenters. The molecule has 2 heterocycles. The van der Waals surface area contributed by atoms with Crippen LogP contribution in [0.2, 0.25) is 0 Å². The number of rotatable bonds is 4. The molecule has 0 saturated heterocycles. The van der Waals surface area contributed by atoms with Gasteiger partial charge in [-0.05, 0) is 41.3 Å². The van der Waals surface area contributed by atoms with Crippen molar-refractivity contribution in [2.24, 2.45) is 0 Å². The Kier molecular flexibility index (Phi) is 5.40. The topological polar surface area (TPSA) is 16.4 Å². The zero-order valence-electron chi connectivity index (χ0n) is 23.2. The fourth-order valence-corrected chi connectivity index (χ4v) is 7.69. The predicted octanol–water partition coefficient (Wildman–Crippen LogP) is 12.2. The molecule has 43 heavy (non-hydrogen) atoms. The Labute approximate surface area is 252 Å². The number of fused-ring (bicyclic) bond motifs is 8. The highest BCUT2D eigenvalue weighted by Crippen LogP contribution is 2.48. The summed E-state index contributed by atoms with van der Waals surface area (Å²) in [6.45, 7) is 0. The van der Waals surface area contributed by atoms with Crippen LogP contribution in [-0.4, -0.2) is 0 Å². The molecule has 0 unspecified atom stereocenters. The van der Waals surface area contributed by atoms with Gasteiger partial charge in [0.05, 0.1) is 11.4 Å². The molecule has 2 aromatic heterocycles. The zero-order valence-corrected chi connectivity index (χ0v) is 24.0. The minimum atomic E-state index is 0.889. The van der Waals surface area contributed by atoms with E-state index in [0.29, 0.717) is 0 Å². The van der Waals surface area contributed by atoms with Gasteiger partial charge in [0.15, 0.2) is 0 Å². The molecule has 0 aliphatic carbocycles. The highest BCUT2D eigenvalue weighted by atomic mass is 32.1. The molecule has 0 radical (unpaired) electrons.